The second kappa shape index (κ2) is 7.69. The molecule has 2 aromatic rings. The molecule has 1 atom stereocenters. The standard InChI is InChI=1S/C17H23N3O4S/c1-5-7-11(2)14-10-16(19-18-14)20-25(22,23)15-9-6-8-13(12(15)3)17(21)24-4/h6,8-11H,5,7H2,1-4H3,(H2,18,19,20). The molecule has 25 heavy (non-hydrogen) atoms. The van der Waals surface area contributed by atoms with Gasteiger partial charge in [0.15, 0.2) is 5.82 Å². The van der Waals surface area contributed by atoms with Crippen molar-refractivity contribution in [2.24, 2.45) is 0 Å². The second-order valence-electron chi connectivity index (χ2n) is 5.92. The highest BCUT2D eigenvalue weighted by Gasteiger charge is 2.22. The van der Waals surface area contributed by atoms with Gasteiger partial charge in [-0.25, -0.2) is 13.2 Å². The quantitative estimate of drug-likeness (QED) is 0.734. The number of ether oxygens (including phenoxy) is 1. The summed E-state index contributed by atoms with van der Waals surface area (Å²) in [7, 11) is -2.62. The second-order valence-corrected chi connectivity index (χ2v) is 7.57. The lowest BCUT2D eigenvalue weighted by atomic mass is 10.0. The molecule has 0 fully saturated rings. The number of nitrogens with zero attached hydrogens (tertiary/aromatic N) is 1. The van der Waals surface area contributed by atoms with Gasteiger partial charge < -0.3 is 4.74 Å². The van der Waals surface area contributed by atoms with Gasteiger partial charge in [0, 0.05) is 11.8 Å². The third-order valence-electron chi connectivity index (χ3n) is 4.07. The van der Waals surface area contributed by atoms with E-state index < -0.39 is 16.0 Å². The van der Waals surface area contributed by atoms with Crippen LogP contribution in [0.15, 0.2) is 29.2 Å². The third kappa shape index (κ3) is 4.19. The minimum absolute atomic E-state index is 0.0153. The first-order valence-corrected chi connectivity index (χ1v) is 9.54. The van der Waals surface area contributed by atoms with E-state index in [9.17, 15) is 13.2 Å². The van der Waals surface area contributed by atoms with Crippen LogP contribution in [0.3, 0.4) is 0 Å². The fraction of sp³-hybridized carbons (Fsp3) is 0.412. The summed E-state index contributed by atoms with van der Waals surface area (Å²) >= 11 is 0. The molecule has 0 aliphatic heterocycles. The van der Waals surface area contributed by atoms with Crippen molar-refractivity contribution in [3.63, 3.8) is 0 Å². The number of aromatic amines is 1. The van der Waals surface area contributed by atoms with Crippen molar-refractivity contribution < 1.29 is 17.9 Å². The van der Waals surface area contributed by atoms with Crippen LogP contribution < -0.4 is 4.72 Å². The van der Waals surface area contributed by atoms with E-state index in [0.717, 1.165) is 18.5 Å². The molecule has 0 bridgehead atoms. The van der Waals surface area contributed by atoms with E-state index in [1.54, 1.807) is 13.0 Å². The number of rotatable bonds is 7. The Morgan fingerprint density at radius 3 is 2.76 bits per heavy atom. The van der Waals surface area contributed by atoms with Crippen LogP contribution in [0.1, 0.15) is 54.2 Å². The van der Waals surface area contributed by atoms with Crippen LogP contribution in [-0.4, -0.2) is 31.7 Å². The number of esters is 1. The lowest BCUT2D eigenvalue weighted by molar-refractivity contribution is 0.0599. The van der Waals surface area contributed by atoms with Gasteiger partial charge in [-0.05, 0) is 37.0 Å². The SMILES string of the molecule is CCCC(C)c1cc(NS(=O)(=O)c2cccc(C(=O)OC)c2C)n[nH]1. The van der Waals surface area contributed by atoms with Crippen molar-refractivity contribution in [1.82, 2.24) is 10.2 Å². The summed E-state index contributed by atoms with van der Waals surface area (Å²) < 4.78 is 32.5. The van der Waals surface area contributed by atoms with Crippen LogP contribution in [0, 0.1) is 6.92 Å². The summed E-state index contributed by atoms with van der Waals surface area (Å²) in [5.41, 5.74) is 1.42. The number of carbonyl (C=O) groups excluding carboxylic acids is 1. The average Bonchev–Trinajstić information content (AvgIpc) is 3.02. The number of anilines is 1. The van der Waals surface area contributed by atoms with Crippen molar-refractivity contribution >= 4 is 21.8 Å². The Kier molecular flexibility index (Phi) is 5.84. The van der Waals surface area contributed by atoms with E-state index in [1.165, 1.54) is 25.3 Å². The number of hydrogen-bond acceptors (Lipinski definition) is 5. The molecule has 0 radical (unpaired) electrons. The van der Waals surface area contributed by atoms with Crippen molar-refractivity contribution in [2.75, 3.05) is 11.8 Å². The molecule has 0 aliphatic carbocycles. The maximum atomic E-state index is 12.7. The van der Waals surface area contributed by atoms with E-state index in [4.69, 9.17) is 0 Å². The average molecular weight is 365 g/mol. The zero-order valence-electron chi connectivity index (χ0n) is 14.8. The smallest absolute Gasteiger partial charge is 0.338 e. The third-order valence-corrected chi connectivity index (χ3v) is 5.57. The summed E-state index contributed by atoms with van der Waals surface area (Å²) in [6.07, 6.45) is 2.01. The normalized spacial score (nSPS) is 12.6. The molecule has 1 aromatic carbocycles. The lowest BCUT2D eigenvalue weighted by Crippen LogP contribution is -2.16. The number of carbonyl (C=O) groups is 1. The van der Waals surface area contributed by atoms with Crippen LogP contribution in [0.25, 0.3) is 0 Å². The minimum atomic E-state index is -3.87. The molecule has 0 amide bonds. The van der Waals surface area contributed by atoms with Crippen LogP contribution in [0.5, 0.6) is 0 Å². The lowest BCUT2D eigenvalue weighted by Gasteiger charge is -2.11. The number of nitrogens with one attached hydrogen (secondary N) is 2. The summed E-state index contributed by atoms with van der Waals surface area (Å²) in [5.74, 6) is -0.0917. The van der Waals surface area contributed by atoms with Crippen LogP contribution in [-0.2, 0) is 14.8 Å². The highest BCUT2D eigenvalue weighted by molar-refractivity contribution is 7.92. The molecule has 1 unspecified atom stereocenters. The molecule has 136 valence electrons. The van der Waals surface area contributed by atoms with E-state index in [-0.39, 0.29) is 22.2 Å². The van der Waals surface area contributed by atoms with Gasteiger partial charge in [-0.3, -0.25) is 9.82 Å². The van der Waals surface area contributed by atoms with E-state index in [2.05, 4.69) is 33.5 Å². The van der Waals surface area contributed by atoms with E-state index in [0.29, 0.717) is 5.56 Å². The monoisotopic (exact) mass is 365 g/mol. The van der Waals surface area contributed by atoms with Gasteiger partial charge in [0.2, 0.25) is 0 Å². The van der Waals surface area contributed by atoms with Crippen molar-refractivity contribution in [3.05, 3.63) is 41.1 Å². The van der Waals surface area contributed by atoms with Gasteiger partial charge in [-0.15, -0.1) is 0 Å². The van der Waals surface area contributed by atoms with Crippen molar-refractivity contribution in [1.29, 1.82) is 0 Å². The Bertz CT molecular complexity index is 859. The van der Waals surface area contributed by atoms with Crippen molar-refractivity contribution in [3.8, 4) is 0 Å². The Morgan fingerprint density at radius 1 is 1.40 bits per heavy atom. The molecule has 0 spiro atoms. The largest absolute Gasteiger partial charge is 0.465 e. The Labute approximate surface area is 147 Å². The summed E-state index contributed by atoms with van der Waals surface area (Å²) in [6.45, 7) is 5.72. The number of hydrogen-bond donors (Lipinski definition) is 2. The molecule has 2 N–H and O–H groups in total. The summed E-state index contributed by atoms with van der Waals surface area (Å²) in [4.78, 5) is 11.8. The fourth-order valence-electron chi connectivity index (χ4n) is 2.66. The minimum Gasteiger partial charge on any atom is -0.465 e. The van der Waals surface area contributed by atoms with Crippen LogP contribution >= 0.6 is 0 Å². The van der Waals surface area contributed by atoms with Gasteiger partial charge in [0.25, 0.3) is 10.0 Å². The Morgan fingerprint density at radius 2 is 2.12 bits per heavy atom. The first-order valence-electron chi connectivity index (χ1n) is 8.06. The number of sulfonamides is 1. The fourth-order valence-corrected chi connectivity index (χ4v) is 3.92. The van der Waals surface area contributed by atoms with E-state index >= 15 is 0 Å². The van der Waals surface area contributed by atoms with Crippen LogP contribution in [0.4, 0.5) is 5.82 Å². The summed E-state index contributed by atoms with van der Waals surface area (Å²) in [6, 6.07) is 6.17. The number of methoxy groups -OCH3 is 1. The number of benzene rings is 1. The molecule has 8 heteroatoms. The topological polar surface area (TPSA) is 101 Å². The van der Waals surface area contributed by atoms with Gasteiger partial charge in [-0.2, -0.15) is 5.10 Å². The Balaban J connectivity index is 2.30. The van der Waals surface area contributed by atoms with Gasteiger partial charge >= 0.3 is 5.97 Å². The molecule has 2 rings (SSSR count). The molecule has 0 aliphatic rings. The molecule has 7 nitrogen and oxygen atoms in total. The zero-order valence-corrected chi connectivity index (χ0v) is 15.6. The maximum Gasteiger partial charge on any atom is 0.338 e. The highest BCUT2D eigenvalue weighted by Crippen LogP contribution is 2.24. The van der Waals surface area contributed by atoms with Gasteiger partial charge in [-0.1, -0.05) is 26.3 Å². The first-order chi connectivity index (χ1) is 11.8. The summed E-state index contributed by atoms with van der Waals surface area (Å²) in [5, 5.41) is 6.89. The molecule has 0 saturated heterocycles. The van der Waals surface area contributed by atoms with E-state index in [1.807, 2.05) is 0 Å². The maximum absolute atomic E-state index is 12.7. The Hall–Kier alpha value is -2.35. The predicted molar refractivity (Wildman–Crippen MR) is 95.2 cm³/mol. The van der Waals surface area contributed by atoms with Crippen LogP contribution in [0.2, 0.25) is 0 Å². The number of aromatic nitrogens is 2. The predicted octanol–water partition coefficient (Wildman–Crippen LogP) is 3.21. The molecule has 1 aromatic heterocycles. The number of H-pyrrole nitrogens is 1. The molecular formula is C17H23N3O4S. The van der Waals surface area contributed by atoms with Crippen molar-refractivity contribution in [2.45, 2.75) is 44.4 Å². The molecule has 0 saturated carbocycles. The highest BCUT2D eigenvalue weighted by atomic mass is 32.2. The van der Waals surface area contributed by atoms with Gasteiger partial charge in [0.05, 0.1) is 17.6 Å². The molecular weight excluding hydrogens is 342 g/mol. The molecule has 1 heterocycles. The first kappa shape index (κ1) is 19.0. The zero-order chi connectivity index (χ0) is 18.6. The van der Waals surface area contributed by atoms with Gasteiger partial charge in [0.1, 0.15) is 0 Å².